The smallest absolute Gasteiger partial charge is 0.0374 e. The van der Waals surface area contributed by atoms with Crippen LogP contribution < -0.4 is 5.32 Å². The SMILES string of the molecule is Cc1ccc(C)c(NC(CC(C)C)CC(C)C)c1. The number of hydrogen-bond acceptors (Lipinski definition) is 1. The van der Waals surface area contributed by atoms with Crippen molar-refractivity contribution in [1.82, 2.24) is 0 Å². The third-order valence-corrected chi connectivity index (χ3v) is 3.26. The summed E-state index contributed by atoms with van der Waals surface area (Å²) in [4.78, 5) is 0. The van der Waals surface area contributed by atoms with E-state index >= 15 is 0 Å². The van der Waals surface area contributed by atoms with Gasteiger partial charge in [-0.3, -0.25) is 0 Å². The Morgan fingerprint density at radius 1 is 0.944 bits per heavy atom. The Morgan fingerprint density at radius 2 is 1.50 bits per heavy atom. The summed E-state index contributed by atoms with van der Waals surface area (Å²) in [6, 6.07) is 7.24. The Labute approximate surface area is 113 Å². The van der Waals surface area contributed by atoms with Gasteiger partial charge in [0.1, 0.15) is 0 Å². The number of benzene rings is 1. The van der Waals surface area contributed by atoms with Gasteiger partial charge in [-0.1, -0.05) is 39.8 Å². The molecule has 0 aliphatic carbocycles. The lowest BCUT2D eigenvalue weighted by Gasteiger charge is -2.24. The maximum absolute atomic E-state index is 3.75. The molecule has 0 radical (unpaired) electrons. The highest BCUT2D eigenvalue weighted by Gasteiger charge is 2.13. The van der Waals surface area contributed by atoms with Crippen LogP contribution in [-0.4, -0.2) is 6.04 Å². The molecule has 0 fully saturated rings. The quantitative estimate of drug-likeness (QED) is 0.730. The highest BCUT2D eigenvalue weighted by molar-refractivity contribution is 5.53. The predicted molar refractivity (Wildman–Crippen MR) is 82.2 cm³/mol. The number of anilines is 1. The highest BCUT2D eigenvalue weighted by Crippen LogP contribution is 2.22. The molecule has 0 amide bonds. The zero-order valence-corrected chi connectivity index (χ0v) is 12.9. The van der Waals surface area contributed by atoms with Crippen molar-refractivity contribution in [2.45, 2.75) is 60.4 Å². The van der Waals surface area contributed by atoms with Crippen molar-refractivity contribution in [2.75, 3.05) is 5.32 Å². The van der Waals surface area contributed by atoms with Crippen molar-refractivity contribution in [3.8, 4) is 0 Å². The average Bonchev–Trinajstić information content (AvgIpc) is 2.21. The van der Waals surface area contributed by atoms with Crippen molar-refractivity contribution in [1.29, 1.82) is 0 Å². The van der Waals surface area contributed by atoms with Crippen molar-refractivity contribution >= 4 is 5.69 Å². The van der Waals surface area contributed by atoms with Gasteiger partial charge in [0.05, 0.1) is 0 Å². The molecular formula is C17H29N. The van der Waals surface area contributed by atoms with Gasteiger partial charge in [-0.05, 0) is 55.7 Å². The minimum atomic E-state index is 0.588. The summed E-state index contributed by atoms with van der Waals surface area (Å²) in [7, 11) is 0. The minimum Gasteiger partial charge on any atom is -0.382 e. The maximum Gasteiger partial charge on any atom is 0.0374 e. The van der Waals surface area contributed by atoms with E-state index in [9.17, 15) is 0 Å². The standard InChI is InChI=1S/C17H29N/c1-12(2)9-16(10-13(3)4)18-17-11-14(5)7-8-15(17)6/h7-8,11-13,16,18H,9-10H2,1-6H3. The summed E-state index contributed by atoms with van der Waals surface area (Å²) < 4.78 is 0. The van der Waals surface area contributed by atoms with E-state index in [1.807, 2.05) is 0 Å². The number of nitrogens with one attached hydrogen (secondary N) is 1. The summed E-state index contributed by atoms with van der Waals surface area (Å²) in [5, 5.41) is 3.75. The molecule has 18 heavy (non-hydrogen) atoms. The van der Waals surface area contributed by atoms with Gasteiger partial charge in [-0.25, -0.2) is 0 Å². The second-order valence-corrected chi connectivity index (χ2v) is 6.42. The first-order valence-electron chi connectivity index (χ1n) is 7.22. The van der Waals surface area contributed by atoms with Crippen molar-refractivity contribution < 1.29 is 0 Å². The molecule has 102 valence electrons. The molecule has 0 bridgehead atoms. The van der Waals surface area contributed by atoms with E-state index < -0.39 is 0 Å². The molecule has 1 rings (SSSR count). The normalized spacial score (nSPS) is 11.6. The van der Waals surface area contributed by atoms with Gasteiger partial charge in [-0.15, -0.1) is 0 Å². The van der Waals surface area contributed by atoms with Crippen LogP contribution in [0.2, 0.25) is 0 Å². The molecule has 1 N–H and O–H groups in total. The van der Waals surface area contributed by atoms with Crippen LogP contribution in [0.1, 0.15) is 51.7 Å². The van der Waals surface area contributed by atoms with E-state index in [2.05, 4.69) is 65.1 Å². The number of aryl methyl sites for hydroxylation is 2. The van der Waals surface area contributed by atoms with Gasteiger partial charge in [0.2, 0.25) is 0 Å². The van der Waals surface area contributed by atoms with Crippen LogP contribution in [0.4, 0.5) is 5.69 Å². The monoisotopic (exact) mass is 247 g/mol. The zero-order valence-electron chi connectivity index (χ0n) is 12.9. The lowest BCUT2D eigenvalue weighted by molar-refractivity contribution is 0.442. The maximum atomic E-state index is 3.75. The molecule has 0 aliphatic rings. The van der Waals surface area contributed by atoms with Crippen molar-refractivity contribution in [3.63, 3.8) is 0 Å². The largest absolute Gasteiger partial charge is 0.382 e. The second-order valence-electron chi connectivity index (χ2n) is 6.42. The predicted octanol–water partition coefficient (Wildman–Crippen LogP) is 5.18. The van der Waals surface area contributed by atoms with Crippen LogP contribution in [-0.2, 0) is 0 Å². The van der Waals surface area contributed by atoms with Crippen LogP contribution >= 0.6 is 0 Å². The van der Waals surface area contributed by atoms with Gasteiger partial charge in [-0.2, -0.15) is 0 Å². The summed E-state index contributed by atoms with van der Waals surface area (Å²) in [6.45, 7) is 13.6. The first kappa shape index (κ1) is 15.1. The average molecular weight is 247 g/mol. The zero-order chi connectivity index (χ0) is 13.7. The van der Waals surface area contributed by atoms with Gasteiger partial charge in [0.25, 0.3) is 0 Å². The van der Waals surface area contributed by atoms with E-state index in [0.29, 0.717) is 6.04 Å². The van der Waals surface area contributed by atoms with E-state index in [1.54, 1.807) is 0 Å². The third kappa shape index (κ3) is 5.12. The highest BCUT2D eigenvalue weighted by atomic mass is 14.9. The van der Waals surface area contributed by atoms with Crippen LogP contribution in [0.5, 0.6) is 0 Å². The fraction of sp³-hybridized carbons (Fsp3) is 0.647. The van der Waals surface area contributed by atoms with Crippen LogP contribution in [0.3, 0.4) is 0 Å². The van der Waals surface area contributed by atoms with E-state index in [1.165, 1.54) is 29.7 Å². The molecule has 0 spiro atoms. The van der Waals surface area contributed by atoms with Crippen LogP contribution in [0.15, 0.2) is 18.2 Å². The molecule has 1 heteroatoms. The summed E-state index contributed by atoms with van der Waals surface area (Å²) >= 11 is 0. The molecule has 1 aromatic carbocycles. The molecule has 0 atom stereocenters. The van der Waals surface area contributed by atoms with Gasteiger partial charge in [0, 0.05) is 11.7 Å². The van der Waals surface area contributed by atoms with Gasteiger partial charge >= 0.3 is 0 Å². The first-order valence-corrected chi connectivity index (χ1v) is 7.22. The van der Waals surface area contributed by atoms with Crippen LogP contribution in [0.25, 0.3) is 0 Å². The lowest BCUT2D eigenvalue weighted by Crippen LogP contribution is -2.24. The molecule has 0 heterocycles. The molecule has 0 aliphatic heterocycles. The Kier molecular flexibility index (Phi) is 5.71. The molecular weight excluding hydrogens is 218 g/mol. The summed E-state index contributed by atoms with van der Waals surface area (Å²) in [6.07, 6.45) is 2.48. The Hall–Kier alpha value is -0.980. The van der Waals surface area contributed by atoms with Crippen LogP contribution in [0, 0.1) is 25.7 Å². The van der Waals surface area contributed by atoms with E-state index in [4.69, 9.17) is 0 Å². The number of rotatable bonds is 6. The van der Waals surface area contributed by atoms with E-state index in [-0.39, 0.29) is 0 Å². The molecule has 1 nitrogen and oxygen atoms in total. The fourth-order valence-electron chi connectivity index (χ4n) is 2.46. The fourth-order valence-corrected chi connectivity index (χ4v) is 2.46. The van der Waals surface area contributed by atoms with Gasteiger partial charge < -0.3 is 5.32 Å². The second kappa shape index (κ2) is 6.82. The van der Waals surface area contributed by atoms with Gasteiger partial charge in [0.15, 0.2) is 0 Å². The molecule has 1 aromatic rings. The van der Waals surface area contributed by atoms with Crippen molar-refractivity contribution in [2.24, 2.45) is 11.8 Å². The first-order chi connectivity index (χ1) is 8.38. The summed E-state index contributed by atoms with van der Waals surface area (Å²) in [5.41, 5.74) is 3.98. The third-order valence-electron chi connectivity index (χ3n) is 3.26. The minimum absolute atomic E-state index is 0.588. The topological polar surface area (TPSA) is 12.0 Å². The van der Waals surface area contributed by atoms with Crippen molar-refractivity contribution in [3.05, 3.63) is 29.3 Å². The number of hydrogen-bond donors (Lipinski definition) is 1. The Balaban J connectivity index is 2.77. The lowest BCUT2D eigenvalue weighted by atomic mass is 9.95. The molecule has 0 aromatic heterocycles. The molecule has 0 unspecified atom stereocenters. The Bertz CT molecular complexity index is 356. The van der Waals surface area contributed by atoms with E-state index in [0.717, 1.165) is 11.8 Å². The molecule has 0 saturated heterocycles. The molecule has 0 saturated carbocycles. The summed E-state index contributed by atoms with van der Waals surface area (Å²) in [5.74, 6) is 1.48. The Morgan fingerprint density at radius 3 is 2.00 bits per heavy atom.